The Morgan fingerprint density at radius 2 is 0.762 bits per heavy atom. The van der Waals surface area contributed by atoms with Crippen LogP contribution < -0.4 is 0 Å². The third-order valence-electron chi connectivity index (χ3n) is 11.6. The summed E-state index contributed by atoms with van der Waals surface area (Å²) < 4.78 is 6.59. The molecule has 0 saturated heterocycles. The van der Waals surface area contributed by atoms with Gasteiger partial charge in [0.2, 0.25) is 0 Å². The van der Waals surface area contributed by atoms with Gasteiger partial charge in [-0.15, -0.1) is 0 Å². The lowest BCUT2D eigenvalue weighted by molar-refractivity contribution is 0.669. The Morgan fingerprint density at radius 3 is 1.38 bits per heavy atom. The largest absolute Gasteiger partial charge is 0.456 e. The van der Waals surface area contributed by atoms with Crippen molar-refractivity contribution in [3.8, 4) is 95.9 Å². The second-order valence-corrected chi connectivity index (χ2v) is 15.5. The monoisotopic (exact) mass is 804 g/mol. The van der Waals surface area contributed by atoms with Crippen LogP contribution in [0, 0.1) is 11.3 Å². The zero-order chi connectivity index (χ0) is 42.1. The van der Waals surface area contributed by atoms with E-state index >= 15 is 0 Å². The molecule has 5 nitrogen and oxygen atoms in total. The van der Waals surface area contributed by atoms with E-state index in [1.807, 2.05) is 72.8 Å². The van der Waals surface area contributed by atoms with Gasteiger partial charge in [-0.2, -0.15) is 5.26 Å². The Bertz CT molecular complexity index is 3500. The van der Waals surface area contributed by atoms with Crippen molar-refractivity contribution in [1.29, 1.82) is 5.26 Å². The molecule has 0 radical (unpaired) electrons. The number of furan rings is 1. The molecule has 0 fully saturated rings. The molecule has 11 aromatic rings. The maximum absolute atomic E-state index is 9.77. The SMILES string of the molecule is N#Cc1ccccc1-c1ccc(-c2nc(-c3ccc(-c4cccc(-c5ccccc5)c4)cc3)nc(-c3ccc4c(c3)oc3cccc(-c5cccc(-c6ccccc6)c5)c34)n2)cc1. The Labute approximate surface area is 364 Å². The Hall–Kier alpha value is -8.72. The summed E-state index contributed by atoms with van der Waals surface area (Å²) in [6, 6.07) is 77.0. The van der Waals surface area contributed by atoms with Crippen molar-refractivity contribution in [2.24, 2.45) is 0 Å². The van der Waals surface area contributed by atoms with Gasteiger partial charge in [-0.1, -0.05) is 182 Å². The Kier molecular flexibility index (Phi) is 9.50. The van der Waals surface area contributed by atoms with Crippen LogP contribution in [0.5, 0.6) is 0 Å². The molecule has 0 aliphatic rings. The van der Waals surface area contributed by atoms with Gasteiger partial charge in [0.25, 0.3) is 0 Å². The summed E-state index contributed by atoms with van der Waals surface area (Å²) in [5.41, 5.74) is 15.7. The Balaban J connectivity index is 0.997. The van der Waals surface area contributed by atoms with Crippen molar-refractivity contribution in [2.75, 3.05) is 0 Å². The average molecular weight is 805 g/mol. The first-order valence-electron chi connectivity index (χ1n) is 20.9. The lowest BCUT2D eigenvalue weighted by atomic mass is 9.96. The molecule has 2 aromatic heterocycles. The number of aromatic nitrogens is 3. The standard InChI is InChI=1S/C58H36N4O/c59-37-49-16-7-8-21-50(49)41-26-30-43(31-27-41)57-60-56(42-28-24-40(25-29-42)45-18-9-17-44(34-45)38-12-3-1-4-13-38)61-58(62-57)48-32-33-52-54(36-48)63-53-23-11-22-51(55(52)53)47-20-10-19-46(35-47)39-14-5-2-6-15-39/h1-36H. The number of hydrogen-bond acceptors (Lipinski definition) is 5. The van der Waals surface area contributed by atoms with Gasteiger partial charge in [0, 0.05) is 27.5 Å². The van der Waals surface area contributed by atoms with Gasteiger partial charge in [0.05, 0.1) is 11.6 Å². The quantitative estimate of drug-likeness (QED) is 0.153. The summed E-state index contributed by atoms with van der Waals surface area (Å²) in [4.78, 5) is 15.3. The zero-order valence-electron chi connectivity index (χ0n) is 34.0. The van der Waals surface area contributed by atoms with Crippen LogP contribution in [0.2, 0.25) is 0 Å². The van der Waals surface area contributed by atoms with E-state index in [1.165, 1.54) is 16.7 Å². The molecule has 0 aliphatic heterocycles. The molecule has 294 valence electrons. The first-order valence-corrected chi connectivity index (χ1v) is 20.9. The summed E-state index contributed by atoms with van der Waals surface area (Å²) in [5, 5.41) is 11.9. The van der Waals surface area contributed by atoms with E-state index in [0.717, 1.165) is 77.6 Å². The van der Waals surface area contributed by atoms with E-state index in [0.29, 0.717) is 23.0 Å². The van der Waals surface area contributed by atoms with Crippen molar-refractivity contribution in [2.45, 2.75) is 0 Å². The average Bonchev–Trinajstić information content (AvgIpc) is 3.75. The molecule has 0 saturated carbocycles. The fourth-order valence-corrected chi connectivity index (χ4v) is 8.42. The highest BCUT2D eigenvalue weighted by Gasteiger charge is 2.18. The minimum atomic E-state index is 0.534. The molecule has 0 N–H and O–H groups in total. The molecular formula is C58H36N4O. The van der Waals surface area contributed by atoms with E-state index in [-0.39, 0.29) is 0 Å². The van der Waals surface area contributed by atoms with Crippen LogP contribution in [0.1, 0.15) is 5.56 Å². The van der Waals surface area contributed by atoms with E-state index in [4.69, 9.17) is 19.4 Å². The van der Waals surface area contributed by atoms with Gasteiger partial charge < -0.3 is 4.42 Å². The number of hydrogen-bond donors (Lipinski definition) is 0. The lowest BCUT2D eigenvalue weighted by Crippen LogP contribution is -2.00. The van der Waals surface area contributed by atoms with Crippen LogP contribution in [0.3, 0.4) is 0 Å². The predicted molar refractivity (Wildman–Crippen MR) is 255 cm³/mol. The van der Waals surface area contributed by atoms with Crippen LogP contribution >= 0.6 is 0 Å². The maximum Gasteiger partial charge on any atom is 0.164 e. The molecule has 9 aromatic carbocycles. The Morgan fingerprint density at radius 1 is 0.317 bits per heavy atom. The summed E-state index contributed by atoms with van der Waals surface area (Å²) in [7, 11) is 0. The van der Waals surface area contributed by atoms with Crippen LogP contribution in [-0.4, -0.2) is 15.0 Å². The van der Waals surface area contributed by atoms with Gasteiger partial charge in [-0.25, -0.2) is 15.0 Å². The first-order chi connectivity index (χ1) is 31.1. The topological polar surface area (TPSA) is 75.6 Å². The highest BCUT2D eigenvalue weighted by Crippen LogP contribution is 2.39. The predicted octanol–water partition coefficient (Wildman–Crippen LogP) is 15.0. The zero-order valence-corrected chi connectivity index (χ0v) is 34.0. The number of nitriles is 1. The minimum Gasteiger partial charge on any atom is -0.456 e. The molecule has 0 unspecified atom stereocenters. The van der Waals surface area contributed by atoms with E-state index in [2.05, 4.69) is 152 Å². The number of benzene rings is 9. The highest BCUT2D eigenvalue weighted by atomic mass is 16.3. The fraction of sp³-hybridized carbons (Fsp3) is 0. The van der Waals surface area contributed by atoms with Crippen LogP contribution in [-0.2, 0) is 0 Å². The molecule has 11 rings (SSSR count). The summed E-state index contributed by atoms with van der Waals surface area (Å²) in [5.74, 6) is 1.63. The molecule has 0 bridgehead atoms. The van der Waals surface area contributed by atoms with Crippen LogP contribution in [0.15, 0.2) is 223 Å². The van der Waals surface area contributed by atoms with Gasteiger partial charge in [0.1, 0.15) is 11.2 Å². The third-order valence-corrected chi connectivity index (χ3v) is 11.6. The van der Waals surface area contributed by atoms with Crippen LogP contribution in [0.4, 0.5) is 0 Å². The minimum absolute atomic E-state index is 0.534. The molecule has 0 aliphatic carbocycles. The van der Waals surface area contributed by atoms with Gasteiger partial charge in [-0.05, 0) is 92.0 Å². The maximum atomic E-state index is 9.77. The van der Waals surface area contributed by atoms with Crippen molar-refractivity contribution in [3.63, 3.8) is 0 Å². The highest BCUT2D eigenvalue weighted by molar-refractivity contribution is 6.13. The summed E-state index contributed by atoms with van der Waals surface area (Å²) in [6.45, 7) is 0. The second-order valence-electron chi connectivity index (χ2n) is 15.5. The van der Waals surface area contributed by atoms with E-state index in [1.54, 1.807) is 0 Å². The number of fused-ring (bicyclic) bond motifs is 3. The number of rotatable bonds is 8. The molecule has 0 amide bonds. The van der Waals surface area contributed by atoms with Gasteiger partial charge in [0.15, 0.2) is 17.5 Å². The molecular weight excluding hydrogens is 769 g/mol. The summed E-state index contributed by atoms with van der Waals surface area (Å²) >= 11 is 0. The first kappa shape index (κ1) is 37.3. The normalized spacial score (nSPS) is 11.2. The van der Waals surface area contributed by atoms with Gasteiger partial charge in [-0.3, -0.25) is 0 Å². The molecule has 5 heteroatoms. The smallest absolute Gasteiger partial charge is 0.164 e. The second kappa shape index (κ2) is 16.0. The van der Waals surface area contributed by atoms with E-state index in [9.17, 15) is 5.26 Å². The van der Waals surface area contributed by atoms with Gasteiger partial charge >= 0.3 is 0 Å². The fourth-order valence-electron chi connectivity index (χ4n) is 8.42. The van der Waals surface area contributed by atoms with Crippen molar-refractivity contribution in [1.82, 2.24) is 15.0 Å². The van der Waals surface area contributed by atoms with Crippen LogP contribution in [0.25, 0.3) is 112 Å². The third kappa shape index (κ3) is 7.22. The summed E-state index contributed by atoms with van der Waals surface area (Å²) in [6.07, 6.45) is 0. The molecule has 0 spiro atoms. The lowest BCUT2D eigenvalue weighted by Gasteiger charge is -2.11. The van der Waals surface area contributed by atoms with Crippen molar-refractivity contribution >= 4 is 21.9 Å². The van der Waals surface area contributed by atoms with E-state index < -0.39 is 0 Å². The van der Waals surface area contributed by atoms with Crippen molar-refractivity contribution in [3.05, 3.63) is 224 Å². The van der Waals surface area contributed by atoms with Crippen molar-refractivity contribution < 1.29 is 4.42 Å². The molecule has 0 atom stereocenters. The molecule has 2 heterocycles. The number of nitrogens with zero attached hydrogens (tertiary/aromatic N) is 4. The molecule has 63 heavy (non-hydrogen) atoms.